The molecule has 0 heterocycles. The van der Waals surface area contributed by atoms with E-state index in [1.807, 2.05) is 10.8 Å². The van der Waals surface area contributed by atoms with Crippen molar-refractivity contribution in [1.29, 1.82) is 0 Å². The van der Waals surface area contributed by atoms with E-state index in [1.165, 1.54) is 0 Å². The van der Waals surface area contributed by atoms with Gasteiger partial charge in [0.15, 0.2) is 0 Å². The second-order valence-electron chi connectivity index (χ2n) is 5.13. The molecule has 0 aliphatic heterocycles. The minimum atomic E-state index is -0.506. The van der Waals surface area contributed by atoms with Crippen LogP contribution < -0.4 is 0 Å². The predicted octanol–water partition coefficient (Wildman–Crippen LogP) is 5.25. The van der Waals surface area contributed by atoms with Crippen molar-refractivity contribution in [2.75, 3.05) is 11.5 Å². The van der Waals surface area contributed by atoms with Crippen molar-refractivity contribution in [3.8, 4) is 0 Å². The Morgan fingerprint density at radius 3 is 1.62 bits per heavy atom. The van der Waals surface area contributed by atoms with Crippen LogP contribution in [-0.4, -0.2) is 31.0 Å². The summed E-state index contributed by atoms with van der Waals surface area (Å²) in [6, 6.07) is 0. The summed E-state index contributed by atoms with van der Waals surface area (Å²) in [6.45, 7) is 7.51. The lowest BCUT2D eigenvalue weighted by Crippen LogP contribution is -2.42. The maximum Gasteiger partial charge on any atom is 0.0958 e. The van der Waals surface area contributed by atoms with Gasteiger partial charge in [-0.2, -0.15) is 0 Å². The van der Waals surface area contributed by atoms with Crippen LogP contribution in [0.4, 0.5) is 0 Å². The highest BCUT2D eigenvalue weighted by molar-refractivity contribution is 8.02. The highest BCUT2D eigenvalue weighted by Crippen LogP contribution is 2.49. The summed E-state index contributed by atoms with van der Waals surface area (Å²) in [4.78, 5) is 3.82. The lowest BCUT2D eigenvalue weighted by molar-refractivity contribution is 0.869. The minimum Gasteiger partial charge on any atom is -0.134 e. The van der Waals surface area contributed by atoms with Crippen LogP contribution in [-0.2, 0) is 0 Å². The summed E-state index contributed by atoms with van der Waals surface area (Å²) in [5.74, 6) is 2.41. The average Bonchev–Trinajstić information content (AvgIpc) is 2.86. The molecular formula is C15H16S6. The third-order valence-corrected chi connectivity index (χ3v) is 7.90. The fourth-order valence-corrected chi connectivity index (χ4v) is 7.05. The van der Waals surface area contributed by atoms with Gasteiger partial charge >= 0.3 is 0 Å². The molecule has 0 amide bonds. The quantitative estimate of drug-likeness (QED) is 0.566. The van der Waals surface area contributed by atoms with Crippen LogP contribution in [0.3, 0.4) is 0 Å². The number of thioether (sulfide) groups is 2. The van der Waals surface area contributed by atoms with Crippen LogP contribution in [0.2, 0.25) is 0 Å². The van der Waals surface area contributed by atoms with Crippen LogP contribution in [0.25, 0.3) is 0 Å². The van der Waals surface area contributed by atoms with E-state index < -0.39 is 5.41 Å². The first-order chi connectivity index (χ1) is 9.99. The zero-order valence-corrected chi connectivity index (χ0v) is 16.4. The molecule has 0 aromatic carbocycles. The Bertz CT molecular complexity index is 484. The van der Waals surface area contributed by atoms with Crippen LogP contribution in [0.5, 0.6) is 0 Å². The Labute approximate surface area is 156 Å². The lowest BCUT2D eigenvalue weighted by atomic mass is 9.82. The van der Waals surface area contributed by atoms with E-state index in [-0.39, 0.29) is 11.8 Å². The molecule has 2 fully saturated rings. The van der Waals surface area contributed by atoms with Crippen LogP contribution in [0.1, 0.15) is 12.8 Å². The van der Waals surface area contributed by atoms with Crippen molar-refractivity contribution in [2.24, 2.45) is 17.3 Å². The molecule has 2 aliphatic rings. The van der Waals surface area contributed by atoms with E-state index >= 15 is 0 Å². The molecule has 0 nitrogen and oxygen atoms in total. The molecule has 0 N–H and O–H groups in total. The first kappa shape index (κ1) is 17.9. The van der Waals surface area contributed by atoms with Gasteiger partial charge < -0.3 is 0 Å². The van der Waals surface area contributed by atoms with Crippen molar-refractivity contribution in [1.82, 2.24) is 0 Å². The SMILES string of the molecule is C=CSCC1CC(=S)C2(C(=S)CC(CSC=C)C2=S)C1=S. The van der Waals surface area contributed by atoms with E-state index in [4.69, 9.17) is 48.9 Å². The molecule has 21 heavy (non-hydrogen) atoms. The predicted molar refractivity (Wildman–Crippen MR) is 114 cm³/mol. The van der Waals surface area contributed by atoms with Crippen molar-refractivity contribution in [2.45, 2.75) is 12.8 Å². The van der Waals surface area contributed by atoms with Crippen molar-refractivity contribution < 1.29 is 0 Å². The van der Waals surface area contributed by atoms with Crippen molar-refractivity contribution >= 4 is 91.9 Å². The first-order valence-electron chi connectivity index (χ1n) is 6.60. The van der Waals surface area contributed by atoms with Gasteiger partial charge in [-0.3, -0.25) is 0 Å². The Balaban J connectivity index is 2.28. The van der Waals surface area contributed by atoms with E-state index in [0.717, 1.165) is 43.8 Å². The van der Waals surface area contributed by atoms with Gasteiger partial charge in [0.25, 0.3) is 0 Å². The average molecular weight is 389 g/mol. The molecule has 0 aromatic rings. The smallest absolute Gasteiger partial charge is 0.0958 e. The summed E-state index contributed by atoms with van der Waals surface area (Å²) in [5.41, 5.74) is -0.506. The second kappa shape index (κ2) is 7.41. The monoisotopic (exact) mass is 388 g/mol. The van der Waals surface area contributed by atoms with Crippen molar-refractivity contribution in [3.05, 3.63) is 24.0 Å². The lowest BCUT2D eigenvalue weighted by Gasteiger charge is -2.26. The molecule has 112 valence electrons. The number of thiocarbonyl (C=S) groups is 4. The third-order valence-electron chi connectivity index (χ3n) is 4.01. The molecule has 2 atom stereocenters. The highest BCUT2D eigenvalue weighted by Gasteiger charge is 2.58. The Hall–Kier alpha value is 0.540. The Morgan fingerprint density at radius 2 is 1.29 bits per heavy atom. The standard InChI is InChI=1S/C15H16S6/c1-3-20-7-9-5-11(16)15(13(9)18)12(17)6-10(14(15)19)8-21-4-2/h3-4,9-10H,1-2,5-8H2. The minimum absolute atomic E-state index is 0.289. The fourth-order valence-electron chi connectivity index (χ4n) is 3.02. The summed E-state index contributed by atoms with van der Waals surface area (Å²) in [6.07, 6.45) is 1.66. The summed E-state index contributed by atoms with van der Waals surface area (Å²) >= 11 is 26.3. The van der Waals surface area contributed by atoms with E-state index in [9.17, 15) is 0 Å². The molecule has 2 rings (SSSR count). The highest BCUT2D eigenvalue weighted by atomic mass is 32.2. The molecule has 2 unspecified atom stereocenters. The molecule has 0 bridgehead atoms. The third kappa shape index (κ3) is 3.00. The topological polar surface area (TPSA) is 0 Å². The molecule has 2 aliphatic carbocycles. The molecule has 0 radical (unpaired) electrons. The summed E-state index contributed by atoms with van der Waals surface area (Å²) in [7, 11) is 0. The van der Waals surface area contributed by atoms with Crippen molar-refractivity contribution in [3.63, 3.8) is 0 Å². The molecule has 0 aromatic heterocycles. The Morgan fingerprint density at radius 1 is 0.905 bits per heavy atom. The van der Waals surface area contributed by atoms with Gasteiger partial charge in [-0.05, 0) is 23.7 Å². The Kier molecular flexibility index (Phi) is 6.31. The van der Waals surface area contributed by atoms with Gasteiger partial charge in [-0.1, -0.05) is 62.0 Å². The molecule has 0 saturated heterocycles. The van der Waals surface area contributed by atoms with Crippen LogP contribution in [0.15, 0.2) is 24.0 Å². The zero-order valence-electron chi connectivity index (χ0n) is 11.5. The number of hydrogen-bond acceptors (Lipinski definition) is 6. The maximum atomic E-state index is 5.79. The normalized spacial score (nSPS) is 32.2. The fraction of sp³-hybridized carbons (Fsp3) is 0.467. The van der Waals surface area contributed by atoms with Gasteiger partial charge in [0.2, 0.25) is 0 Å². The zero-order chi connectivity index (χ0) is 15.6. The van der Waals surface area contributed by atoms with Gasteiger partial charge in [0.05, 0.1) is 5.41 Å². The van der Waals surface area contributed by atoms with E-state index in [0.29, 0.717) is 0 Å². The van der Waals surface area contributed by atoms with Gasteiger partial charge in [0.1, 0.15) is 0 Å². The summed E-state index contributed by atoms with van der Waals surface area (Å²) in [5, 5.41) is 3.71. The second-order valence-corrected chi connectivity index (χ2v) is 8.99. The van der Waals surface area contributed by atoms with Crippen LogP contribution >= 0.6 is 72.4 Å². The molecule has 1 spiro atoms. The largest absolute Gasteiger partial charge is 0.134 e. The summed E-state index contributed by atoms with van der Waals surface area (Å²) < 4.78 is 0. The molecule has 2 saturated carbocycles. The maximum absolute atomic E-state index is 5.79. The van der Waals surface area contributed by atoms with E-state index in [1.54, 1.807) is 23.5 Å². The van der Waals surface area contributed by atoms with Gasteiger partial charge in [-0.15, -0.1) is 23.5 Å². The first-order valence-corrected chi connectivity index (χ1v) is 10.3. The molecule has 6 heteroatoms. The van der Waals surface area contributed by atoms with Crippen LogP contribution in [0, 0.1) is 17.3 Å². The van der Waals surface area contributed by atoms with E-state index in [2.05, 4.69) is 13.2 Å². The van der Waals surface area contributed by atoms with Gasteiger partial charge in [0, 0.05) is 42.8 Å². The number of hydrogen-bond donors (Lipinski definition) is 0. The molecular weight excluding hydrogens is 373 g/mol. The van der Waals surface area contributed by atoms with Gasteiger partial charge in [-0.25, -0.2) is 0 Å². The number of rotatable bonds is 6.